The molecule has 5 rings (SSSR count). The van der Waals surface area contributed by atoms with E-state index in [4.69, 9.17) is 21.1 Å². The highest BCUT2D eigenvalue weighted by Crippen LogP contribution is 2.40. The first-order valence-corrected chi connectivity index (χ1v) is 13.5. The van der Waals surface area contributed by atoms with E-state index in [0.717, 1.165) is 33.0 Å². The summed E-state index contributed by atoms with van der Waals surface area (Å²) >= 11 is 7.49. The minimum absolute atomic E-state index is 0.0254. The molecule has 6 nitrogen and oxygen atoms in total. The first-order valence-electron chi connectivity index (χ1n) is 12.3. The Labute approximate surface area is 235 Å². The molecular formula is C31H23ClN2O4S. The number of nitriles is 1. The molecule has 0 spiro atoms. The summed E-state index contributed by atoms with van der Waals surface area (Å²) in [5, 5.41) is 11.5. The van der Waals surface area contributed by atoms with Crippen molar-refractivity contribution in [2.45, 2.75) is 20.1 Å². The van der Waals surface area contributed by atoms with Crippen molar-refractivity contribution in [3.05, 3.63) is 111 Å². The van der Waals surface area contributed by atoms with Gasteiger partial charge in [-0.05, 0) is 70.4 Å². The number of halogens is 1. The molecule has 0 aromatic heterocycles. The highest BCUT2D eigenvalue weighted by Gasteiger charge is 2.35. The SMILES string of the molecule is CCOc1cc(/C=C2/SC(=O)N(Cc3ccccc3C#N)C2=O)cc(Cl)c1OCc1cccc2ccccc12. The van der Waals surface area contributed by atoms with Crippen LogP contribution in [0.2, 0.25) is 5.02 Å². The van der Waals surface area contributed by atoms with E-state index in [0.29, 0.717) is 46.4 Å². The minimum atomic E-state index is -0.428. The van der Waals surface area contributed by atoms with E-state index in [-0.39, 0.29) is 11.4 Å². The molecule has 1 aliphatic rings. The zero-order chi connectivity index (χ0) is 27.4. The predicted octanol–water partition coefficient (Wildman–Crippen LogP) is 7.58. The number of carbonyl (C=O) groups excluding carboxylic acids is 2. The van der Waals surface area contributed by atoms with Gasteiger partial charge >= 0.3 is 0 Å². The van der Waals surface area contributed by atoms with Crippen LogP contribution >= 0.6 is 23.4 Å². The summed E-state index contributed by atoms with van der Waals surface area (Å²) in [5.74, 6) is 0.423. The summed E-state index contributed by atoms with van der Waals surface area (Å²) in [5.41, 5.74) is 2.65. The molecule has 0 atom stereocenters. The molecule has 1 fully saturated rings. The first kappa shape index (κ1) is 26.4. The van der Waals surface area contributed by atoms with E-state index in [2.05, 4.69) is 18.2 Å². The number of nitrogens with zero attached hydrogens (tertiary/aromatic N) is 2. The number of amides is 2. The van der Waals surface area contributed by atoms with Gasteiger partial charge in [0, 0.05) is 0 Å². The highest BCUT2D eigenvalue weighted by atomic mass is 35.5. The van der Waals surface area contributed by atoms with Crippen molar-refractivity contribution in [2.75, 3.05) is 6.61 Å². The van der Waals surface area contributed by atoms with Gasteiger partial charge in [-0.1, -0.05) is 72.3 Å². The summed E-state index contributed by atoms with van der Waals surface area (Å²) in [4.78, 5) is 27.2. The molecule has 4 aromatic rings. The number of ether oxygens (including phenoxy) is 2. The Hall–Kier alpha value is -4.25. The van der Waals surface area contributed by atoms with E-state index in [1.807, 2.05) is 37.3 Å². The highest BCUT2D eigenvalue weighted by molar-refractivity contribution is 8.18. The van der Waals surface area contributed by atoms with Gasteiger partial charge < -0.3 is 9.47 Å². The third-order valence-electron chi connectivity index (χ3n) is 6.22. The fourth-order valence-electron chi connectivity index (χ4n) is 4.37. The van der Waals surface area contributed by atoms with Crippen LogP contribution in [-0.4, -0.2) is 22.7 Å². The third kappa shape index (κ3) is 5.63. The molecule has 39 heavy (non-hydrogen) atoms. The molecular weight excluding hydrogens is 532 g/mol. The van der Waals surface area contributed by atoms with Crippen molar-refractivity contribution in [1.82, 2.24) is 4.90 Å². The van der Waals surface area contributed by atoms with Crippen molar-refractivity contribution < 1.29 is 19.1 Å². The summed E-state index contributed by atoms with van der Waals surface area (Å²) in [7, 11) is 0. The van der Waals surface area contributed by atoms with Crippen LogP contribution in [-0.2, 0) is 17.9 Å². The zero-order valence-electron chi connectivity index (χ0n) is 21.0. The molecule has 0 N–H and O–H groups in total. The van der Waals surface area contributed by atoms with Gasteiger partial charge in [-0.2, -0.15) is 5.26 Å². The average molecular weight is 555 g/mol. The average Bonchev–Trinajstić information content (AvgIpc) is 3.20. The largest absolute Gasteiger partial charge is 0.490 e. The van der Waals surface area contributed by atoms with Gasteiger partial charge in [0.15, 0.2) is 11.5 Å². The van der Waals surface area contributed by atoms with Crippen LogP contribution in [0.3, 0.4) is 0 Å². The molecule has 1 heterocycles. The number of hydrogen-bond donors (Lipinski definition) is 0. The zero-order valence-corrected chi connectivity index (χ0v) is 22.6. The minimum Gasteiger partial charge on any atom is -0.490 e. The van der Waals surface area contributed by atoms with Gasteiger partial charge in [-0.15, -0.1) is 0 Å². The summed E-state index contributed by atoms with van der Waals surface area (Å²) in [6.45, 7) is 2.57. The lowest BCUT2D eigenvalue weighted by atomic mass is 10.1. The van der Waals surface area contributed by atoms with E-state index in [1.165, 1.54) is 0 Å². The Morgan fingerprint density at radius 3 is 2.54 bits per heavy atom. The molecule has 0 radical (unpaired) electrons. The normalized spacial score (nSPS) is 14.2. The predicted molar refractivity (Wildman–Crippen MR) is 154 cm³/mol. The molecule has 0 unspecified atom stereocenters. The van der Waals surface area contributed by atoms with Crippen LogP contribution in [0.5, 0.6) is 11.5 Å². The molecule has 8 heteroatoms. The topological polar surface area (TPSA) is 79.6 Å². The van der Waals surface area contributed by atoms with Crippen molar-refractivity contribution >= 4 is 51.4 Å². The molecule has 194 valence electrons. The first-order chi connectivity index (χ1) is 19.0. The lowest BCUT2D eigenvalue weighted by molar-refractivity contribution is -0.123. The Morgan fingerprint density at radius 1 is 0.974 bits per heavy atom. The fourth-order valence-corrected chi connectivity index (χ4v) is 5.48. The van der Waals surface area contributed by atoms with Crippen LogP contribution in [0.15, 0.2) is 83.8 Å². The van der Waals surface area contributed by atoms with Crippen molar-refractivity contribution in [3.63, 3.8) is 0 Å². The molecule has 4 aromatic carbocycles. The Bertz CT molecular complexity index is 1660. The van der Waals surface area contributed by atoms with Gasteiger partial charge in [0.25, 0.3) is 11.1 Å². The smallest absolute Gasteiger partial charge is 0.293 e. The second-order valence-corrected chi connectivity index (χ2v) is 10.1. The molecule has 2 amide bonds. The van der Waals surface area contributed by atoms with Crippen LogP contribution in [0.25, 0.3) is 16.8 Å². The van der Waals surface area contributed by atoms with E-state index in [1.54, 1.807) is 42.5 Å². The summed E-state index contributed by atoms with van der Waals surface area (Å²) in [6.07, 6.45) is 1.62. The Kier molecular flexibility index (Phi) is 7.87. The molecule has 0 aliphatic carbocycles. The second-order valence-electron chi connectivity index (χ2n) is 8.73. The van der Waals surface area contributed by atoms with Gasteiger partial charge in [0.05, 0.1) is 34.7 Å². The number of benzene rings is 4. The van der Waals surface area contributed by atoms with Crippen LogP contribution in [0.4, 0.5) is 4.79 Å². The van der Waals surface area contributed by atoms with E-state index >= 15 is 0 Å². The number of imide groups is 1. The summed E-state index contributed by atoms with van der Waals surface area (Å²) in [6, 6.07) is 26.6. The van der Waals surface area contributed by atoms with E-state index < -0.39 is 11.1 Å². The van der Waals surface area contributed by atoms with Crippen molar-refractivity contribution in [1.29, 1.82) is 5.26 Å². The van der Waals surface area contributed by atoms with Crippen LogP contribution in [0, 0.1) is 11.3 Å². The number of rotatable bonds is 8. The quantitative estimate of drug-likeness (QED) is 0.209. The third-order valence-corrected chi connectivity index (χ3v) is 7.41. The maximum absolute atomic E-state index is 13.1. The molecule has 1 aliphatic heterocycles. The fraction of sp³-hybridized carbons (Fsp3) is 0.129. The number of fused-ring (bicyclic) bond motifs is 1. The lowest BCUT2D eigenvalue weighted by Crippen LogP contribution is -2.27. The van der Waals surface area contributed by atoms with Gasteiger partial charge in [0.1, 0.15) is 6.61 Å². The molecule has 0 saturated carbocycles. The second kappa shape index (κ2) is 11.6. The van der Waals surface area contributed by atoms with Crippen molar-refractivity contribution in [2.24, 2.45) is 0 Å². The van der Waals surface area contributed by atoms with Crippen LogP contribution < -0.4 is 9.47 Å². The Morgan fingerprint density at radius 2 is 1.72 bits per heavy atom. The van der Waals surface area contributed by atoms with E-state index in [9.17, 15) is 14.9 Å². The van der Waals surface area contributed by atoms with Gasteiger partial charge in [-0.25, -0.2) is 0 Å². The maximum Gasteiger partial charge on any atom is 0.293 e. The summed E-state index contributed by atoms with van der Waals surface area (Å²) < 4.78 is 12.0. The number of carbonyl (C=O) groups is 2. The lowest BCUT2D eigenvalue weighted by Gasteiger charge is -2.15. The number of thioether (sulfide) groups is 1. The number of hydrogen-bond acceptors (Lipinski definition) is 6. The van der Waals surface area contributed by atoms with Crippen LogP contribution in [0.1, 0.15) is 29.2 Å². The Balaban J connectivity index is 1.39. The monoisotopic (exact) mass is 554 g/mol. The van der Waals surface area contributed by atoms with Gasteiger partial charge in [-0.3, -0.25) is 14.5 Å². The van der Waals surface area contributed by atoms with Gasteiger partial charge in [0.2, 0.25) is 0 Å². The standard InChI is InChI=1S/C31H23ClN2O4S/c1-2-37-27-15-20(14-26(32)29(27)38-19-24-12-7-11-21-8-5-6-13-25(21)24)16-28-30(35)34(31(36)39-28)18-23-10-4-3-9-22(23)17-33/h3-16H,2,18-19H2,1H3/b28-16+. The van der Waals surface area contributed by atoms with Crippen molar-refractivity contribution in [3.8, 4) is 17.6 Å². The molecule has 0 bridgehead atoms. The maximum atomic E-state index is 13.1. The molecule has 1 saturated heterocycles.